The van der Waals surface area contributed by atoms with Crippen molar-refractivity contribution < 1.29 is 0 Å². The van der Waals surface area contributed by atoms with Crippen molar-refractivity contribution in [2.75, 3.05) is 13.6 Å². The molecule has 0 radical (unpaired) electrons. The second-order valence-electron chi connectivity index (χ2n) is 2.60. The molecule has 3 heteroatoms. The van der Waals surface area contributed by atoms with E-state index in [0.29, 0.717) is 6.54 Å². The van der Waals surface area contributed by atoms with Crippen molar-refractivity contribution >= 4 is 15.9 Å². The molecule has 1 atom stereocenters. The molecule has 0 spiro atoms. The summed E-state index contributed by atoms with van der Waals surface area (Å²) >= 11 is 3.48. The Morgan fingerprint density at radius 3 is 2.67 bits per heavy atom. The minimum Gasteiger partial charge on any atom is -0.329 e. The number of benzene rings is 1. The van der Waals surface area contributed by atoms with E-state index in [9.17, 15) is 0 Å². The molecule has 2 nitrogen and oxygen atoms in total. The predicted octanol–water partition coefficient (Wildman–Crippen LogP) is 1.67. The molecule has 0 unspecified atom stereocenters. The van der Waals surface area contributed by atoms with Crippen LogP contribution in [0.3, 0.4) is 0 Å². The number of likely N-dealkylation sites (N-methyl/N-ethyl adjacent to an activating group) is 1. The van der Waals surface area contributed by atoms with Gasteiger partial charge in [0.2, 0.25) is 0 Å². The summed E-state index contributed by atoms with van der Waals surface area (Å²) in [4.78, 5) is 0. The van der Waals surface area contributed by atoms with E-state index in [1.54, 1.807) is 0 Å². The lowest BCUT2D eigenvalue weighted by Gasteiger charge is -2.15. The molecule has 0 aliphatic heterocycles. The minimum atomic E-state index is 0.237. The number of nitrogens with one attached hydrogen (secondary N) is 1. The molecule has 1 rings (SSSR count). The molecule has 0 heterocycles. The van der Waals surface area contributed by atoms with Crippen LogP contribution in [0.4, 0.5) is 0 Å². The van der Waals surface area contributed by atoms with E-state index >= 15 is 0 Å². The lowest BCUT2D eigenvalue weighted by atomic mass is 10.1. The average Bonchev–Trinajstić information content (AvgIpc) is 2.10. The topological polar surface area (TPSA) is 38.0 Å². The van der Waals surface area contributed by atoms with Crippen LogP contribution >= 0.6 is 15.9 Å². The zero-order valence-corrected chi connectivity index (χ0v) is 8.64. The van der Waals surface area contributed by atoms with Crippen LogP contribution in [0.5, 0.6) is 0 Å². The Labute approximate surface area is 81.3 Å². The Morgan fingerprint density at radius 1 is 1.50 bits per heavy atom. The summed E-state index contributed by atoms with van der Waals surface area (Å²) in [6.45, 7) is 0.610. The number of halogens is 1. The van der Waals surface area contributed by atoms with Gasteiger partial charge in [-0.25, -0.2) is 0 Å². The fraction of sp³-hybridized carbons (Fsp3) is 0.333. The van der Waals surface area contributed by atoms with Crippen LogP contribution < -0.4 is 11.1 Å². The summed E-state index contributed by atoms with van der Waals surface area (Å²) in [5.74, 6) is 0. The molecule has 12 heavy (non-hydrogen) atoms. The van der Waals surface area contributed by atoms with Crippen LogP contribution in [-0.2, 0) is 0 Å². The van der Waals surface area contributed by atoms with E-state index in [1.807, 2.05) is 25.2 Å². The standard InChI is InChI=1S/C9H13BrN2/c1-12-9(6-11)7-4-2-3-5-8(7)10/h2-5,9,12H,6,11H2,1H3/t9-/m0/s1. The Balaban J connectivity index is 2.92. The summed E-state index contributed by atoms with van der Waals surface area (Å²) in [6.07, 6.45) is 0. The maximum absolute atomic E-state index is 5.60. The van der Waals surface area contributed by atoms with Gasteiger partial charge in [0.05, 0.1) is 0 Å². The SMILES string of the molecule is CN[C@@H](CN)c1ccccc1Br. The van der Waals surface area contributed by atoms with Crippen LogP contribution in [-0.4, -0.2) is 13.6 Å². The Kier molecular flexibility index (Phi) is 3.72. The number of rotatable bonds is 3. The molecule has 0 amide bonds. The summed E-state index contributed by atoms with van der Waals surface area (Å²) < 4.78 is 1.11. The normalized spacial score (nSPS) is 12.9. The highest BCUT2D eigenvalue weighted by atomic mass is 79.9. The first-order valence-corrected chi connectivity index (χ1v) is 4.70. The molecule has 0 aliphatic carbocycles. The lowest BCUT2D eigenvalue weighted by Crippen LogP contribution is -2.25. The Hall–Kier alpha value is -0.380. The van der Waals surface area contributed by atoms with Gasteiger partial charge in [0.25, 0.3) is 0 Å². The van der Waals surface area contributed by atoms with Crippen molar-refractivity contribution in [1.29, 1.82) is 0 Å². The molecular formula is C9H13BrN2. The first kappa shape index (κ1) is 9.71. The third-order valence-electron chi connectivity index (χ3n) is 1.86. The molecule has 0 saturated carbocycles. The Bertz CT molecular complexity index is 246. The second kappa shape index (κ2) is 4.60. The smallest absolute Gasteiger partial charge is 0.0453 e. The van der Waals surface area contributed by atoms with E-state index < -0.39 is 0 Å². The molecule has 1 aromatic carbocycles. The van der Waals surface area contributed by atoms with Gasteiger partial charge in [-0.2, -0.15) is 0 Å². The van der Waals surface area contributed by atoms with Crippen molar-refractivity contribution in [2.45, 2.75) is 6.04 Å². The fourth-order valence-corrected chi connectivity index (χ4v) is 1.72. The van der Waals surface area contributed by atoms with Gasteiger partial charge in [0, 0.05) is 17.1 Å². The van der Waals surface area contributed by atoms with Crippen LogP contribution in [0.25, 0.3) is 0 Å². The fourth-order valence-electron chi connectivity index (χ4n) is 1.16. The molecule has 1 aromatic rings. The van der Waals surface area contributed by atoms with Crippen LogP contribution in [0, 0.1) is 0 Å². The first-order chi connectivity index (χ1) is 5.79. The molecule has 3 N–H and O–H groups in total. The molecule has 0 saturated heterocycles. The van der Waals surface area contributed by atoms with Gasteiger partial charge in [-0.15, -0.1) is 0 Å². The maximum Gasteiger partial charge on any atom is 0.0453 e. The number of nitrogens with two attached hydrogens (primary N) is 1. The molecule has 0 aliphatic rings. The molecule has 0 fully saturated rings. The third-order valence-corrected chi connectivity index (χ3v) is 2.59. The largest absolute Gasteiger partial charge is 0.329 e. The van der Waals surface area contributed by atoms with Crippen molar-refractivity contribution in [1.82, 2.24) is 5.32 Å². The van der Waals surface area contributed by atoms with Gasteiger partial charge in [-0.3, -0.25) is 0 Å². The molecule has 0 aromatic heterocycles. The van der Waals surface area contributed by atoms with E-state index in [2.05, 4.69) is 27.3 Å². The highest BCUT2D eigenvalue weighted by Crippen LogP contribution is 2.21. The van der Waals surface area contributed by atoms with E-state index in [-0.39, 0.29) is 6.04 Å². The monoisotopic (exact) mass is 228 g/mol. The molecule has 0 bridgehead atoms. The highest BCUT2D eigenvalue weighted by Gasteiger charge is 2.08. The molecular weight excluding hydrogens is 216 g/mol. The zero-order valence-electron chi connectivity index (χ0n) is 7.05. The summed E-state index contributed by atoms with van der Waals surface area (Å²) in [5.41, 5.74) is 6.81. The van der Waals surface area contributed by atoms with Gasteiger partial charge in [-0.1, -0.05) is 34.1 Å². The van der Waals surface area contributed by atoms with Gasteiger partial charge in [0.1, 0.15) is 0 Å². The summed E-state index contributed by atoms with van der Waals surface area (Å²) in [6, 6.07) is 8.34. The number of hydrogen-bond acceptors (Lipinski definition) is 2. The quantitative estimate of drug-likeness (QED) is 0.827. The predicted molar refractivity (Wildman–Crippen MR) is 55.0 cm³/mol. The Morgan fingerprint density at radius 2 is 2.17 bits per heavy atom. The highest BCUT2D eigenvalue weighted by molar-refractivity contribution is 9.10. The van der Waals surface area contributed by atoms with Crippen molar-refractivity contribution in [3.05, 3.63) is 34.3 Å². The van der Waals surface area contributed by atoms with E-state index in [1.165, 1.54) is 5.56 Å². The van der Waals surface area contributed by atoms with Gasteiger partial charge < -0.3 is 11.1 Å². The maximum atomic E-state index is 5.60. The average molecular weight is 229 g/mol. The van der Waals surface area contributed by atoms with Gasteiger partial charge in [-0.05, 0) is 18.7 Å². The van der Waals surface area contributed by atoms with E-state index in [4.69, 9.17) is 5.73 Å². The van der Waals surface area contributed by atoms with Crippen molar-refractivity contribution in [2.24, 2.45) is 5.73 Å². The van der Waals surface area contributed by atoms with Crippen molar-refractivity contribution in [3.8, 4) is 0 Å². The summed E-state index contributed by atoms with van der Waals surface area (Å²) in [7, 11) is 1.91. The van der Waals surface area contributed by atoms with Gasteiger partial charge in [0.15, 0.2) is 0 Å². The first-order valence-electron chi connectivity index (χ1n) is 3.91. The number of hydrogen-bond donors (Lipinski definition) is 2. The zero-order chi connectivity index (χ0) is 8.97. The third kappa shape index (κ3) is 2.06. The minimum absolute atomic E-state index is 0.237. The van der Waals surface area contributed by atoms with Crippen LogP contribution in [0.1, 0.15) is 11.6 Å². The van der Waals surface area contributed by atoms with Crippen LogP contribution in [0.2, 0.25) is 0 Å². The van der Waals surface area contributed by atoms with E-state index in [0.717, 1.165) is 4.47 Å². The van der Waals surface area contributed by atoms with Gasteiger partial charge >= 0.3 is 0 Å². The summed E-state index contributed by atoms with van der Waals surface area (Å²) in [5, 5.41) is 3.15. The van der Waals surface area contributed by atoms with Crippen LogP contribution in [0.15, 0.2) is 28.7 Å². The molecule has 66 valence electrons. The second-order valence-corrected chi connectivity index (χ2v) is 3.45. The lowest BCUT2D eigenvalue weighted by molar-refractivity contribution is 0.603. The van der Waals surface area contributed by atoms with Crippen molar-refractivity contribution in [3.63, 3.8) is 0 Å².